The second kappa shape index (κ2) is 6.85. The third-order valence-electron chi connectivity index (χ3n) is 4.22. The minimum absolute atomic E-state index is 0.702. The molecule has 4 rings (SSSR count). The van der Waals surface area contributed by atoms with E-state index in [2.05, 4.69) is 36.8 Å². The number of nitrogens with zero attached hydrogens (tertiary/aromatic N) is 2. The number of benzene rings is 2. The number of methoxy groups -OCH3 is 2. The number of aromatic nitrogens is 2. The molecule has 26 heavy (non-hydrogen) atoms. The SMILES string of the molecule is COc1cccc(OC)c1-c1nc2c(ccc3cc(Br)cnc32)cc1Br. The molecule has 6 heteroatoms. The Morgan fingerprint density at radius 3 is 2.15 bits per heavy atom. The molecule has 4 nitrogen and oxygen atoms in total. The van der Waals surface area contributed by atoms with Gasteiger partial charge in [0, 0.05) is 25.9 Å². The summed E-state index contributed by atoms with van der Waals surface area (Å²) in [4.78, 5) is 9.51. The average molecular weight is 474 g/mol. The monoisotopic (exact) mass is 472 g/mol. The molecule has 0 radical (unpaired) electrons. The molecule has 0 amide bonds. The van der Waals surface area contributed by atoms with Gasteiger partial charge in [0.05, 0.1) is 36.5 Å². The Balaban J connectivity index is 2.08. The van der Waals surface area contributed by atoms with Gasteiger partial charge in [0.25, 0.3) is 0 Å². The van der Waals surface area contributed by atoms with Crippen LogP contribution < -0.4 is 9.47 Å². The van der Waals surface area contributed by atoms with Crippen LogP contribution >= 0.6 is 31.9 Å². The Kier molecular flexibility index (Phi) is 4.54. The zero-order valence-electron chi connectivity index (χ0n) is 14.1. The van der Waals surface area contributed by atoms with Crippen LogP contribution in [0, 0.1) is 0 Å². The lowest BCUT2D eigenvalue weighted by molar-refractivity contribution is 0.397. The van der Waals surface area contributed by atoms with Crippen LogP contribution in [0.4, 0.5) is 0 Å². The molecule has 0 spiro atoms. The van der Waals surface area contributed by atoms with Gasteiger partial charge in [0.1, 0.15) is 11.5 Å². The molecular weight excluding hydrogens is 460 g/mol. The van der Waals surface area contributed by atoms with E-state index in [0.29, 0.717) is 11.5 Å². The van der Waals surface area contributed by atoms with E-state index in [1.165, 1.54) is 0 Å². The molecule has 0 N–H and O–H groups in total. The van der Waals surface area contributed by atoms with Gasteiger partial charge in [0.15, 0.2) is 0 Å². The fraction of sp³-hybridized carbons (Fsp3) is 0.100. The zero-order chi connectivity index (χ0) is 18.3. The predicted octanol–water partition coefficient (Wildman–Crippen LogP) is 5.99. The maximum Gasteiger partial charge on any atom is 0.132 e. The van der Waals surface area contributed by atoms with E-state index < -0.39 is 0 Å². The summed E-state index contributed by atoms with van der Waals surface area (Å²) in [5.74, 6) is 1.40. The first-order chi connectivity index (χ1) is 12.6. The van der Waals surface area contributed by atoms with E-state index in [9.17, 15) is 0 Å². The molecule has 0 unspecified atom stereocenters. The second-order valence-corrected chi connectivity index (χ2v) is 7.49. The Morgan fingerprint density at radius 1 is 0.846 bits per heavy atom. The van der Waals surface area contributed by atoms with Crippen LogP contribution in [0.15, 0.2) is 57.6 Å². The van der Waals surface area contributed by atoms with E-state index in [4.69, 9.17) is 14.5 Å². The van der Waals surface area contributed by atoms with Crippen molar-refractivity contribution in [3.8, 4) is 22.8 Å². The minimum atomic E-state index is 0.702. The topological polar surface area (TPSA) is 44.2 Å². The molecule has 0 aliphatic rings. The van der Waals surface area contributed by atoms with Gasteiger partial charge >= 0.3 is 0 Å². The third-order valence-corrected chi connectivity index (χ3v) is 5.26. The van der Waals surface area contributed by atoms with E-state index >= 15 is 0 Å². The highest BCUT2D eigenvalue weighted by Crippen LogP contribution is 2.42. The van der Waals surface area contributed by atoms with Crippen LogP contribution in [0.5, 0.6) is 11.5 Å². The van der Waals surface area contributed by atoms with E-state index in [1.54, 1.807) is 20.4 Å². The molecule has 0 saturated heterocycles. The highest BCUT2D eigenvalue weighted by Gasteiger charge is 2.18. The average Bonchev–Trinajstić information content (AvgIpc) is 2.66. The Morgan fingerprint density at radius 2 is 1.50 bits per heavy atom. The molecule has 0 fully saturated rings. The Bertz CT molecular complexity index is 1120. The zero-order valence-corrected chi connectivity index (χ0v) is 17.3. The van der Waals surface area contributed by atoms with E-state index in [-0.39, 0.29) is 0 Å². The van der Waals surface area contributed by atoms with Crippen molar-refractivity contribution >= 4 is 53.7 Å². The molecule has 0 bridgehead atoms. The molecular formula is C20H14Br2N2O2. The third kappa shape index (κ3) is 2.83. The maximum atomic E-state index is 5.55. The summed E-state index contributed by atoms with van der Waals surface area (Å²) in [6, 6.07) is 13.9. The fourth-order valence-electron chi connectivity index (χ4n) is 3.04. The van der Waals surface area contributed by atoms with Crippen LogP contribution in [0.1, 0.15) is 0 Å². The van der Waals surface area contributed by atoms with Gasteiger partial charge in [-0.3, -0.25) is 4.98 Å². The van der Waals surface area contributed by atoms with Crippen molar-refractivity contribution in [3.05, 3.63) is 57.6 Å². The normalized spacial score (nSPS) is 11.1. The maximum absolute atomic E-state index is 5.55. The number of rotatable bonds is 3. The summed E-state index contributed by atoms with van der Waals surface area (Å²) in [6.07, 6.45) is 1.79. The van der Waals surface area contributed by atoms with Gasteiger partial charge in [-0.15, -0.1) is 0 Å². The molecule has 0 saturated carbocycles. The van der Waals surface area contributed by atoms with Crippen molar-refractivity contribution in [1.82, 2.24) is 9.97 Å². The van der Waals surface area contributed by atoms with Crippen LogP contribution in [0.3, 0.4) is 0 Å². The first-order valence-corrected chi connectivity index (χ1v) is 9.47. The largest absolute Gasteiger partial charge is 0.496 e. The van der Waals surface area contributed by atoms with Crippen molar-refractivity contribution < 1.29 is 9.47 Å². The van der Waals surface area contributed by atoms with Crippen molar-refractivity contribution in [2.75, 3.05) is 14.2 Å². The van der Waals surface area contributed by atoms with Gasteiger partial charge < -0.3 is 9.47 Å². The Labute approximate surface area is 167 Å². The lowest BCUT2D eigenvalue weighted by Crippen LogP contribution is -1.96. The van der Waals surface area contributed by atoms with Gasteiger partial charge in [-0.1, -0.05) is 18.2 Å². The number of hydrogen-bond donors (Lipinski definition) is 0. The van der Waals surface area contributed by atoms with Crippen molar-refractivity contribution in [1.29, 1.82) is 0 Å². The minimum Gasteiger partial charge on any atom is -0.496 e. The van der Waals surface area contributed by atoms with E-state index in [0.717, 1.165) is 42.0 Å². The smallest absolute Gasteiger partial charge is 0.132 e. The summed E-state index contributed by atoms with van der Waals surface area (Å²) in [6.45, 7) is 0. The molecule has 0 aliphatic heterocycles. The van der Waals surface area contributed by atoms with Crippen molar-refractivity contribution in [2.45, 2.75) is 0 Å². The highest BCUT2D eigenvalue weighted by atomic mass is 79.9. The van der Waals surface area contributed by atoms with Crippen LogP contribution in [-0.2, 0) is 0 Å². The summed E-state index contributed by atoms with van der Waals surface area (Å²) < 4.78 is 12.9. The first kappa shape index (κ1) is 17.2. The highest BCUT2D eigenvalue weighted by molar-refractivity contribution is 9.10. The predicted molar refractivity (Wildman–Crippen MR) is 111 cm³/mol. The van der Waals surface area contributed by atoms with Gasteiger partial charge in [-0.2, -0.15) is 0 Å². The van der Waals surface area contributed by atoms with Gasteiger partial charge in [0.2, 0.25) is 0 Å². The van der Waals surface area contributed by atoms with Crippen LogP contribution in [0.2, 0.25) is 0 Å². The summed E-state index contributed by atoms with van der Waals surface area (Å²) in [7, 11) is 3.28. The van der Waals surface area contributed by atoms with E-state index in [1.807, 2.05) is 42.5 Å². The van der Waals surface area contributed by atoms with Crippen LogP contribution in [-0.4, -0.2) is 24.2 Å². The van der Waals surface area contributed by atoms with Gasteiger partial charge in [-0.25, -0.2) is 4.98 Å². The van der Waals surface area contributed by atoms with Crippen molar-refractivity contribution in [2.24, 2.45) is 0 Å². The molecule has 2 heterocycles. The first-order valence-electron chi connectivity index (χ1n) is 7.88. The molecule has 2 aromatic carbocycles. The Hall–Kier alpha value is -2.18. The number of ether oxygens (including phenoxy) is 2. The second-order valence-electron chi connectivity index (χ2n) is 5.72. The number of halogens is 2. The lowest BCUT2D eigenvalue weighted by atomic mass is 10.1. The quantitative estimate of drug-likeness (QED) is 0.342. The molecule has 0 atom stereocenters. The summed E-state index contributed by atoms with van der Waals surface area (Å²) >= 11 is 7.13. The number of fused-ring (bicyclic) bond motifs is 3. The summed E-state index contributed by atoms with van der Waals surface area (Å²) in [5.41, 5.74) is 3.25. The lowest BCUT2D eigenvalue weighted by Gasteiger charge is -2.15. The molecule has 0 aliphatic carbocycles. The molecule has 130 valence electrons. The standard InChI is InChI=1S/C20H14Br2N2O2/c1-25-15-4-3-5-16(26-2)17(15)20-14(22)9-12-7-6-11-8-13(21)10-23-18(11)19(12)24-20/h3-10H,1-2H3. The number of hydrogen-bond acceptors (Lipinski definition) is 4. The molecule has 2 aromatic heterocycles. The van der Waals surface area contributed by atoms with Crippen LogP contribution in [0.25, 0.3) is 33.1 Å². The summed E-state index contributed by atoms with van der Waals surface area (Å²) in [5, 5.41) is 2.04. The fourth-order valence-corrected chi connectivity index (χ4v) is 3.92. The van der Waals surface area contributed by atoms with Crippen molar-refractivity contribution in [3.63, 3.8) is 0 Å². The van der Waals surface area contributed by atoms with Gasteiger partial charge in [-0.05, 0) is 56.1 Å². The number of pyridine rings is 2. The molecule has 4 aromatic rings.